The van der Waals surface area contributed by atoms with E-state index in [9.17, 15) is 5.11 Å². The monoisotopic (exact) mass is 289 g/mol. The average molecular weight is 289 g/mol. The lowest BCUT2D eigenvalue weighted by Crippen LogP contribution is -2.41. The number of rotatable bonds is 4. The number of hydrogen-bond acceptors (Lipinski definition) is 2. The van der Waals surface area contributed by atoms with E-state index in [2.05, 4.69) is 50.4 Å². The summed E-state index contributed by atoms with van der Waals surface area (Å²) in [6.07, 6.45) is 5.32. The van der Waals surface area contributed by atoms with Gasteiger partial charge in [0, 0.05) is 12.5 Å². The Balaban J connectivity index is 1.95. The van der Waals surface area contributed by atoms with Crippen molar-refractivity contribution in [1.29, 1.82) is 0 Å². The Kier molecular flexibility index (Phi) is 5.11. The summed E-state index contributed by atoms with van der Waals surface area (Å²) in [7, 11) is 0. The van der Waals surface area contributed by atoms with Crippen molar-refractivity contribution < 1.29 is 5.11 Å². The van der Waals surface area contributed by atoms with Crippen LogP contribution >= 0.6 is 0 Å². The molecule has 2 nitrogen and oxygen atoms in total. The van der Waals surface area contributed by atoms with Gasteiger partial charge in [-0.1, -0.05) is 51.5 Å². The first-order valence-corrected chi connectivity index (χ1v) is 8.31. The Morgan fingerprint density at radius 3 is 2.29 bits per heavy atom. The molecule has 118 valence electrons. The molecule has 0 amide bonds. The first-order chi connectivity index (χ1) is 9.76. The summed E-state index contributed by atoms with van der Waals surface area (Å²) in [6, 6.07) is 9.21. The van der Waals surface area contributed by atoms with Crippen molar-refractivity contribution in [3.05, 3.63) is 35.4 Å². The van der Waals surface area contributed by atoms with Crippen LogP contribution < -0.4 is 5.32 Å². The van der Waals surface area contributed by atoms with Gasteiger partial charge in [0.1, 0.15) is 0 Å². The summed E-state index contributed by atoms with van der Waals surface area (Å²) in [4.78, 5) is 0. The van der Waals surface area contributed by atoms with Gasteiger partial charge in [-0.3, -0.25) is 0 Å². The third-order valence-corrected chi connectivity index (χ3v) is 4.50. The summed E-state index contributed by atoms with van der Waals surface area (Å²) in [5, 5.41) is 14.2. The van der Waals surface area contributed by atoms with Crippen molar-refractivity contribution in [2.75, 3.05) is 6.54 Å². The minimum Gasteiger partial charge on any atom is -0.390 e. The highest BCUT2D eigenvalue weighted by Crippen LogP contribution is 2.25. The molecule has 1 aliphatic rings. The molecular weight excluding hydrogens is 258 g/mol. The molecular formula is C19H31NO. The molecule has 1 saturated heterocycles. The zero-order valence-electron chi connectivity index (χ0n) is 14.1. The molecule has 2 atom stereocenters. The van der Waals surface area contributed by atoms with Gasteiger partial charge in [0.15, 0.2) is 0 Å². The van der Waals surface area contributed by atoms with Crippen LogP contribution in [0, 0.1) is 0 Å². The Morgan fingerprint density at radius 2 is 1.76 bits per heavy atom. The van der Waals surface area contributed by atoms with E-state index in [1.807, 2.05) is 6.92 Å². The topological polar surface area (TPSA) is 32.3 Å². The molecule has 2 N–H and O–H groups in total. The van der Waals surface area contributed by atoms with Crippen LogP contribution in [0.2, 0.25) is 0 Å². The van der Waals surface area contributed by atoms with Gasteiger partial charge in [-0.15, -0.1) is 0 Å². The molecule has 1 aromatic rings. The first kappa shape index (κ1) is 16.5. The smallest absolute Gasteiger partial charge is 0.0674 e. The molecule has 1 fully saturated rings. The van der Waals surface area contributed by atoms with Gasteiger partial charge in [-0.25, -0.2) is 0 Å². The summed E-state index contributed by atoms with van der Waals surface area (Å²) in [6.45, 7) is 9.76. The molecule has 0 aromatic heterocycles. The highest BCUT2D eigenvalue weighted by atomic mass is 16.3. The Labute approximate surface area is 130 Å². The van der Waals surface area contributed by atoms with Gasteiger partial charge >= 0.3 is 0 Å². The van der Waals surface area contributed by atoms with Gasteiger partial charge in [0.25, 0.3) is 0 Å². The van der Waals surface area contributed by atoms with E-state index in [0.717, 1.165) is 19.4 Å². The van der Waals surface area contributed by atoms with E-state index in [1.165, 1.54) is 30.4 Å². The van der Waals surface area contributed by atoms with E-state index in [1.54, 1.807) is 0 Å². The van der Waals surface area contributed by atoms with Gasteiger partial charge in [-0.2, -0.15) is 0 Å². The van der Waals surface area contributed by atoms with E-state index >= 15 is 0 Å². The van der Waals surface area contributed by atoms with Crippen LogP contribution in [-0.4, -0.2) is 23.3 Å². The zero-order chi connectivity index (χ0) is 15.5. The molecule has 0 aliphatic carbocycles. The van der Waals surface area contributed by atoms with Crippen molar-refractivity contribution in [2.24, 2.45) is 0 Å². The maximum absolute atomic E-state index is 10.7. The van der Waals surface area contributed by atoms with Gasteiger partial charge in [0.05, 0.1) is 5.60 Å². The third kappa shape index (κ3) is 5.12. The fourth-order valence-corrected chi connectivity index (χ4v) is 3.26. The second-order valence-electron chi connectivity index (χ2n) is 7.97. The van der Waals surface area contributed by atoms with Crippen LogP contribution in [-0.2, 0) is 11.8 Å². The molecule has 21 heavy (non-hydrogen) atoms. The maximum atomic E-state index is 10.7. The molecule has 1 heterocycles. The molecule has 1 aromatic carbocycles. The molecule has 2 unspecified atom stereocenters. The molecule has 0 radical (unpaired) electrons. The van der Waals surface area contributed by atoms with Crippen molar-refractivity contribution >= 4 is 0 Å². The molecule has 0 spiro atoms. The maximum Gasteiger partial charge on any atom is 0.0674 e. The van der Waals surface area contributed by atoms with Gasteiger partial charge in [-0.05, 0) is 49.3 Å². The van der Waals surface area contributed by atoms with Crippen molar-refractivity contribution in [2.45, 2.75) is 76.9 Å². The van der Waals surface area contributed by atoms with E-state index in [0.29, 0.717) is 6.04 Å². The summed E-state index contributed by atoms with van der Waals surface area (Å²) in [5.41, 5.74) is 2.13. The fraction of sp³-hybridized carbons (Fsp3) is 0.684. The number of benzene rings is 1. The minimum absolute atomic E-state index is 0.188. The Morgan fingerprint density at radius 1 is 1.10 bits per heavy atom. The van der Waals surface area contributed by atoms with Crippen molar-refractivity contribution in [3.8, 4) is 0 Å². The predicted molar refractivity (Wildman–Crippen MR) is 89.7 cm³/mol. The van der Waals surface area contributed by atoms with Crippen LogP contribution in [0.3, 0.4) is 0 Å². The van der Waals surface area contributed by atoms with Crippen LogP contribution in [0.25, 0.3) is 0 Å². The molecule has 2 heteroatoms. The number of piperidine rings is 1. The van der Waals surface area contributed by atoms with E-state index in [4.69, 9.17) is 0 Å². The van der Waals surface area contributed by atoms with Gasteiger partial charge < -0.3 is 10.4 Å². The van der Waals surface area contributed by atoms with Crippen molar-refractivity contribution in [1.82, 2.24) is 5.32 Å². The number of nitrogens with one attached hydrogen (secondary N) is 1. The molecule has 0 bridgehead atoms. The second-order valence-corrected chi connectivity index (χ2v) is 7.97. The predicted octanol–water partition coefficient (Wildman–Crippen LogP) is 3.81. The first-order valence-electron chi connectivity index (χ1n) is 8.31. The van der Waals surface area contributed by atoms with Crippen molar-refractivity contribution in [3.63, 3.8) is 0 Å². The largest absolute Gasteiger partial charge is 0.390 e. The second kappa shape index (κ2) is 6.50. The lowest BCUT2D eigenvalue weighted by Gasteiger charge is -2.32. The average Bonchev–Trinajstić information content (AvgIpc) is 2.38. The summed E-state index contributed by atoms with van der Waals surface area (Å²) in [5.74, 6) is 0. The Hall–Kier alpha value is -0.860. The normalized spacial score (nSPS) is 22.8. The van der Waals surface area contributed by atoms with Crippen LogP contribution in [0.1, 0.15) is 64.5 Å². The summed E-state index contributed by atoms with van der Waals surface area (Å²) < 4.78 is 0. The SMILES string of the molecule is CC(O)(Cc1ccc(C(C)(C)C)cc1)CC1CCCCN1. The lowest BCUT2D eigenvalue weighted by molar-refractivity contribution is 0.0371. The molecule has 2 rings (SSSR count). The lowest BCUT2D eigenvalue weighted by atomic mass is 9.84. The Bertz CT molecular complexity index is 436. The van der Waals surface area contributed by atoms with E-state index in [-0.39, 0.29) is 5.41 Å². The van der Waals surface area contributed by atoms with Crippen LogP contribution in [0.4, 0.5) is 0 Å². The molecule has 0 saturated carbocycles. The highest BCUT2D eigenvalue weighted by molar-refractivity contribution is 5.28. The highest BCUT2D eigenvalue weighted by Gasteiger charge is 2.26. The minimum atomic E-state index is -0.627. The molecule has 1 aliphatic heterocycles. The standard InChI is InChI=1S/C19H31NO/c1-18(2,3)16-10-8-15(9-11-16)13-19(4,21)14-17-7-5-6-12-20-17/h8-11,17,20-21H,5-7,12-14H2,1-4H3. The van der Waals surface area contributed by atoms with E-state index < -0.39 is 5.60 Å². The zero-order valence-corrected chi connectivity index (χ0v) is 14.1. The third-order valence-electron chi connectivity index (χ3n) is 4.50. The number of hydrogen-bond donors (Lipinski definition) is 2. The number of aliphatic hydroxyl groups is 1. The van der Waals surface area contributed by atoms with Crippen LogP contribution in [0.5, 0.6) is 0 Å². The quantitative estimate of drug-likeness (QED) is 0.883. The van der Waals surface area contributed by atoms with Gasteiger partial charge in [0.2, 0.25) is 0 Å². The fourth-order valence-electron chi connectivity index (χ4n) is 3.26. The van der Waals surface area contributed by atoms with Crippen LogP contribution in [0.15, 0.2) is 24.3 Å². The summed E-state index contributed by atoms with van der Waals surface area (Å²) >= 11 is 0.